The van der Waals surface area contributed by atoms with Crippen molar-refractivity contribution in [2.75, 3.05) is 20.2 Å². The number of thioether (sulfide) groups is 1. The first kappa shape index (κ1) is 22.3. The van der Waals surface area contributed by atoms with Crippen LogP contribution in [0.2, 0.25) is 0 Å². The van der Waals surface area contributed by atoms with Crippen molar-refractivity contribution in [2.45, 2.75) is 43.0 Å². The van der Waals surface area contributed by atoms with Crippen LogP contribution < -0.4 is 4.74 Å². The fourth-order valence-electron chi connectivity index (χ4n) is 4.04. The van der Waals surface area contributed by atoms with Gasteiger partial charge >= 0.3 is 0 Å². The molecule has 1 amide bonds. The molecule has 2 aromatic heterocycles. The van der Waals surface area contributed by atoms with Crippen LogP contribution in [-0.4, -0.2) is 46.0 Å². The van der Waals surface area contributed by atoms with E-state index in [9.17, 15) is 4.79 Å². The molecule has 1 aliphatic rings. The second-order valence-electron chi connectivity index (χ2n) is 8.04. The lowest BCUT2D eigenvalue weighted by Crippen LogP contribution is -2.40. The Morgan fingerprint density at radius 1 is 1.22 bits per heavy atom. The number of carbonyl (C=O) groups is 1. The standard InChI is InChI=1S/C25H28N4O2S/c1-18-15-27-25(32-17-21-9-3-4-11-26-21)28-24(18)20-8-6-12-29(16-20)23(30)14-19-7-5-10-22(13-19)31-2/h3-5,7,9-11,13,15,20H,6,8,12,14,16-17H2,1-2H3/t20-/m1/s1. The molecule has 0 bridgehead atoms. The first-order valence-electron chi connectivity index (χ1n) is 10.9. The summed E-state index contributed by atoms with van der Waals surface area (Å²) in [4.78, 5) is 28.7. The smallest absolute Gasteiger partial charge is 0.227 e. The second kappa shape index (κ2) is 10.6. The number of rotatable bonds is 7. The number of methoxy groups -OCH3 is 1. The van der Waals surface area contributed by atoms with Crippen molar-refractivity contribution in [3.63, 3.8) is 0 Å². The SMILES string of the molecule is COc1cccc(CC(=O)N2CCC[C@@H](c3nc(SCc4ccccn4)ncc3C)C2)c1. The molecule has 1 fully saturated rings. The Hall–Kier alpha value is -2.93. The molecule has 32 heavy (non-hydrogen) atoms. The van der Waals surface area contributed by atoms with Crippen LogP contribution in [0, 0.1) is 6.92 Å². The van der Waals surface area contributed by atoms with E-state index in [1.165, 1.54) is 0 Å². The van der Waals surface area contributed by atoms with E-state index in [2.05, 4.69) is 16.9 Å². The van der Waals surface area contributed by atoms with E-state index in [0.29, 0.717) is 13.0 Å². The topological polar surface area (TPSA) is 68.2 Å². The number of piperidine rings is 1. The molecule has 1 atom stereocenters. The third-order valence-corrected chi connectivity index (χ3v) is 6.61. The van der Waals surface area contributed by atoms with E-state index in [4.69, 9.17) is 9.72 Å². The fraction of sp³-hybridized carbons (Fsp3) is 0.360. The molecule has 166 valence electrons. The number of amides is 1. The highest BCUT2D eigenvalue weighted by molar-refractivity contribution is 7.98. The van der Waals surface area contributed by atoms with Crippen LogP contribution in [0.25, 0.3) is 0 Å². The Morgan fingerprint density at radius 2 is 2.12 bits per heavy atom. The Balaban J connectivity index is 1.42. The van der Waals surface area contributed by atoms with Gasteiger partial charge in [-0.15, -0.1) is 0 Å². The predicted octanol–water partition coefficient (Wildman–Crippen LogP) is 4.43. The van der Waals surface area contributed by atoms with Crippen molar-refractivity contribution >= 4 is 17.7 Å². The number of hydrogen-bond donors (Lipinski definition) is 0. The number of aryl methyl sites for hydroxylation is 1. The number of benzene rings is 1. The molecule has 4 rings (SSSR count). The molecule has 3 aromatic rings. The zero-order valence-corrected chi connectivity index (χ0v) is 19.3. The van der Waals surface area contributed by atoms with E-state index in [0.717, 1.165) is 58.6 Å². The van der Waals surface area contributed by atoms with Gasteiger partial charge in [0.05, 0.1) is 24.9 Å². The summed E-state index contributed by atoms with van der Waals surface area (Å²) in [6.07, 6.45) is 6.11. The summed E-state index contributed by atoms with van der Waals surface area (Å²) in [5, 5.41) is 0.760. The second-order valence-corrected chi connectivity index (χ2v) is 8.98. The van der Waals surface area contributed by atoms with Gasteiger partial charge in [0.2, 0.25) is 5.91 Å². The van der Waals surface area contributed by atoms with Gasteiger partial charge in [-0.3, -0.25) is 9.78 Å². The van der Waals surface area contributed by atoms with Crippen LogP contribution in [0.4, 0.5) is 0 Å². The van der Waals surface area contributed by atoms with Gasteiger partial charge < -0.3 is 9.64 Å². The normalized spacial score (nSPS) is 16.1. The molecule has 6 nitrogen and oxygen atoms in total. The van der Waals surface area contributed by atoms with E-state index >= 15 is 0 Å². The number of carbonyl (C=O) groups excluding carboxylic acids is 1. The van der Waals surface area contributed by atoms with Crippen molar-refractivity contribution < 1.29 is 9.53 Å². The zero-order chi connectivity index (χ0) is 22.3. The molecule has 7 heteroatoms. The summed E-state index contributed by atoms with van der Waals surface area (Å²) in [6.45, 7) is 3.55. The molecule has 0 radical (unpaired) electrons. The first-order valence-corrected chi connectivity index (χ1v) is 11.9. The Morgan fingerprint density at radius 3 is 2.94 bits per heavy atom. The Kier molecular flexibility index (Phi) is 7.37. The third kappa shape index (κ3) is 5.65. The van der Waals surface area contributed by atoms with Crippen molar-refractivity contribution in [3.8, 4) is 5.75 Å². The molecule has 0 aliphatic carbocycles. The first-order chi connectivity index (χ1) is 15.6. The number of nitrogens with zero attached hydrogens (tertiary/aromatic N) is 4. The average Bonchev–Trinajstić information content (AvgIpc) is 2.84. The van der Waals surface area contributed by atoms with Crippen LogP contribution in [0.1, 0.15) is 41.3 Å². The van der Waals surface area contributed by atoms with Gasteiger partial charge in [-0.25, -0.2) is 9.97 Å². The molecule has 1 saturated heterocycles. The van der Waals surface area contributed by atoms with Crippen LogP contribution in [-0.2, 0) is 17.0 Å². The Bertz CT molecular complexity index is 1060. The highest BCUT2D eigenvalue weighted by Gasteiger charge is 2.27. The summed E-state index contributed by atoms with van der Waals surface area (Å²) >= 11 is 1.60. The number of hydrogen-bond acceptors (Lipinski definition) is 6. The van der Waals surface area contributed by atoms with Crippen LogP contribution >= 0.6 is 11.8 Å². The van der Waals surface area contributed by atoms with E-state index in [1.807, 2.05) is 53.6 Å². The fourth-order valence-corrected chi connectivity index (χ4v) is 4.78. The van der Waals surface area contributed by atoms with Crippen LogP contribution in [0.3, 0.4) is 0 Å². The summed E-state index contributed by atoms with van der Waals surface area (Å²) in [5.74, 6) is 1.90. The van der Waals surface area contributed by atoms with Gasteiger partial charge in [-0.2, -0.15) is 0 Å². The van der Waals surface area contributed by atoms with E-state index < -0.39 is 0 Å². The van der Waals surface area contributed by atoms with E-state index in [1.54, 1.807) is 25.1 Å². The monoisotopic (exact) mass is 448 g/mol. The minimum atomic E-state index is 0.152. The quantitative estimate of drug-likeness (QED) is 0.393. The largest absolute Gasteiger partial charge is 0.497 e. The van der Waals surface area contributed by atoms with Gasteiger partial charge in [0.25, 0.3) is 0 Å². The third-order valence-electron chi connectivity index (χ3n) is 5.71. The molecule has 0 saturated carbocycles. The minimum Gasteiger partial charge on any atom is -0.497 e. The summed E-state index contributed by atoms with van der Waals surface area (Å²) in [5.41, 5.74) is 4.12. The van der Waals surface area contributed by atoms with Gasteiger partial charge in [0.15, 0.2) is 5.16 Å². The number of pyridine rings is 1. The maximum atomic E-state index is 13.0. The van der Waals surface area contributed by atoms with Crippen molar-refractivity contribution in [1.82, 2.24) is 19.9 Å². The van der Waals surface area contributed by atoms with Crippen LogP contribution in [0.15, 0.2) is 60.0 Å². The predicted molar refractivity (Wildman–Crippen MR) is 126 cm³/mol. The lowest BCUT2D eigenvalue weighted by atomic mass is 9.92. The number of ether oxygens (including phenoxy) is 1. The van der Waals surface area contributed by atoms with Gasteiger partial charge in [-0.1, -0.05) is 30.0 Å². The lowest BCUT2D eigenvalue weighted by Gasteiger charge is -2.33. The van der Waals surface area contributed by atoms with Gasteiger partial charge in [0.1, 0.15) is 5.75 Å². The van der Waals surface area contributed by atoms with Crippen LogP contribution in [0.5, 0.6) is 5.75 Å². The molecule has 0 spiro atoms. The molecular formula is C25H28N4O2S. The molecule has 0 N–H and O–H groups in total. The molecule has 1 aliphatic heterocycles. The van der Waals surface area contributed by atoms with Gasteiger partial charge in [-0.05, 0) is 55.2 Å². The molecular weight excluding hydrogens is 420 g/mol. The lowest BCUT2D eigenvalue weighted by molar-refractivity contribution is -0.131. The summed E-state index contributed by atoms with van der Waals surface area (Å²) in [6, 6.07) is 13.6. The van der Waals surface area contributed by atoms with Crippen molar-refractivity contribution in [3.05, 3.63) is 77.4 Å². The Labute approximate surface area is 193 Å². The molecule has 3 heterocycles. The zero-order valence-electron chi connectivity index (χ0n) is 18.5. The maximum Gasteiger partial charge on any atom is 0.227 e. The summed E-state index contributed by atoms with van der Waals surface area (Å²) < 4.78 is 5.28. The molecule has 0 unspecified atom stereocenters. The van der Waals surface area contributed by atoms with E-state index in [-0.39, 0.29) is 11.8 Å². The average molecular weight is 449 g/mol. The minimum absolute atomic E-state index is 0.152. The number of aromatic nitrogens is 3. The molecule has 1 aromatic carbocycles. The van der Waals surface area contributed by atoms with Crippen molar-refractivity contribution in [1.29, 1.82) is 0 Å². The number of likely N-dealkylation sites (tertiary alicyclic amines) is 1. The maximum absolute atomic E-state index is 13.0. The van der Waals surface area contributed by atoms with Gasteiger partial charge in [0, 0.05) is 37.2 Å². The highest BCUT2D eigenvalue weighted by Crippen LogP contribution is 2.30. The highest BCUT2D eigenvalue weighted by atomic mass is 32.2. The van der Waals surface area contributed by atoms with Crippen molar-refractivity contribution in [2.24, 2.45) is 0 Å². The summed E-state index contributed by atoms with van der Waals surface area (Å²) in [7, 11) is 1.64.